The number of ketones is 1. The highest BCUT2D eigenvalue weighted by atomic mass is 32.1. The molecule has 0 radical (unpaired) electrons. The molecule has 0 unspecified atom stereocenters. The minimum Gasteiger partial charge on any atom is -0.358 e. The molecule has 0 atom stereocenters. The number of para-hydroxylation sites is 1. The van der Waals surface area contributed by atoms with Gasteiger partial charge in [0.25, 0.3) is 0 Å². The van der Waals surface area contributed by atoms with Crippen molar-refractivity contribution in [3.8, 4) is 16.8 Å². The summed E-state index contributed by atoms with van der Waals surface area (Å²) in [6, 6.07) is 15.2. The van der Waals surface area contributed by atoms with Gasteiger partial charge in [0, 0.05) is 28.2 Å². The molecule has 0 saturated carbocycles. The van der Waals surface area contributed by atoms with E-state index in [0.29, 0.717) is 11.3 Å². The van der Waals surface area contributed by atoms with Crippen LogP contribution < -0.4 is 0 Å². The number of pyridine rings is 1. The lowest BCUT2D eigenvalue weighted by atomic mass is 10.0. The monoisotopic (exact) mass is 370 g/mol. The van der Waals surface area contributed by atoms with Gasteiger partial charge in [-0.25, -0.2) is 4.98 Å². The molecular formula is C21H14N4OS. The molecule has 27 heavy (non-hydrogen) atoms. The van der Waals surface area contributed by atoms with E-state index in [1.54, 1.807) is 6.20 Å². The number of H-pyrrole nitrogens is 1. The van der Waals surface area contributed by atoms with Gasteiger partial charge in [-0.3, -0.25) is 9.78 Å². The molecule has 1 aromatic carbocycles. The van der Waals surface area contributed by atoms with Gasteiger partial charge in [-0.1, -0.05) is 24.3 Å². The van der Waals surface area contributed by atoms with Crippen molar-refractivity contribution in [1.29, 1.82) is 5.26 Å². The third-order valence-corrected chi connectivity index (χ3v) is 5.07. The summed E-state index contributed by atoms with van der Waals surface area (Å²) < 4.78 is 0. The summed E-state index contributed by atoms with van der Waals surface area (Å²) in [5.74, 6) is -0.306. The van der Waals surface area contributed by atoms with E-state index in [9.17, 15) is 10.1 Å². The number of hydrogen-bond donors (Lipinski definition) is 1. The van der Waals surface area contributed by atoms with Gasteiger partial charge in [0.05, 0.1) is 17.0 Å². The van der Waals surface area contributed by atoms with E-state index in [-0.39, 0.29) is 11.4 Å². The van der Waals surface area contributed by atoms with Gasteiger partial charge in [0.15, 0.2) is 0 Å². The number of allylic oxidation sites excluding steroid dienone is 1. The van der Waals surface area contributed by atoms with E-state index >= 15 is 0 Å². The first-order chi connectivity index (χ1) is 13.2. The number of Topliss-reactive ketones (excluding diaryl/α,β-unsaturated/α-hetero) is 1. The van der Waals surface area contributed by atoms with Crippen molar-refractivity contribution < 1.29 is 4.79 Å². The summed E-state index contributed by atoms with van der Waals surface area (Å²) in [6.07, 6.45) is 3.24. The fraction of sp³-hybridized carbons (Fsp3) is 0.0476. The molecule has 4 rings (SSSR count). The molecule has 5 nitrogen and oxygen atoms in total. The van der Waals surface area contributed by atoms with Gasteiger partial charge in [0.1, 0.15) is 16.6 Å². The van der Waals surface area contributed by atoms with E-state index in [0.717, 1.165) is 27.3 Å². The summed E-state index contributed by atoms with van der Waals surface area (Å²) in [5, 5.41) is 12.9. The van der Waals surface area contributed by atoms with Gasteiger partial charge in [-0.15, -0.1) is 11.3 Å². The number of hydrogen-bond acceptors (Lipinski definition) is 5. The van der Waals surface area contributed by atoms with Gasteiger partial charge >= 0.3 is 0 Å². The molecule has 0 bridgehead atoms. The maximum Gasteiger partial charge on any atom is 0.206 e. The minimum absolute atomic E-state index is 0.0562. The van der Waals surface area contributed by atoms with E-state index < -0.39 is 0 Å². The maximum absolute atomic E-state index is 13.0. The molecular weight excluding hydrogens is 356 g/mol. The third-order valence-electron chi connectivity index (χ3n) is 4.18. The van der Waals surface area contributed by atoms with Gasteiger partial charge < -0.3 is 4.98 Å². The first-order valence-corrected chi connectivity index (χ1v) is 9.16. The highest BCUT2D eigenvalue weighted by Gasteiger charge is 2.20. The van der Waals surface area contributed by atoms with E-state index in [4.69, 9.17) is 0 Å². The van der Waals surface area contributed by atoms with Crippen LogP contribution in [0.5, 0.6) is 0 Å². The fourth-order valence-corrected chi connectivity index (χ4v) is 3.71. The van der Waals surface area contributed by atoms with E-state index in [1.807, 2.05) is 60.8 Å². The van der Waals surface area contributed by atoms with Crippen molar-refractivity contribution >= 4 is 34.1 Å². The van der Waals surface area contributed by atoms with Crippen LogP contribution in [0.2, 0.25) is 0 Å². The van der Waals surface area contributed by atoms with Crippen molar-refractivity contribution in [1.82, 2.24) is 15.0 Å². The molecule has 4 aromatic rings. The van der Waals surface area contributed by atoms with Crippen molar-refractivity contribution in [3.05, 3.63) is 76.6 Å². The Bertz CT molecular complexity index is 1210. The van der Waals surface area contributed by atoms with Crippen LogP contribution in [0.3, 0.4) is 0 Å². The quantitative estimate of drug-likeness (QED) is 0.318. The number of aromatic amines is 1. The zero-order valence-corrected chi connectivity index (χ0v) is 15.2. The predicted octanol–water partition coefficient (Wildman–Crippen LogP) is 4.78. The molecule has 3 heterocycles. The van der Waals surface area contributed by atoms with Crippen molar-refractivity contribution in [2.45, 2.75) is 6.92 Å². The van der Waals surface area contributed by atoms with Gasteiger partial charge in [-0.2, -0.15) is 5.26 Å². The highest BCUT2D eigenvalue weighted by Crippen LogP contribution is 2.26. The molecule has 0 aliphatic rings. The van der Waals surface area contributed by atoms with Crippen LogP contribution in [-0.2, 0) is 0 Å². The smallest absolute Gasteiger partial charge is 0.206 e. The first-order valence-electron chi connectivity index (χ1n) is 8.28. The molecule has 0 spiro atoms. The summed E-state index contributed by atoms with van der Waals surface area (Å²) >= 11 is 1.42. The number of fused-ring (bicyclic) bond motifs is 1. The maximum atomic E-state index is 13.0. The molecule has 0 fully saturated rings. The standard InChI is InChI=1S/C21H14N4OS/c1-13-19(16-6-2-3-7-17(16)24-13)20(26)14(11-22)10-15-12-27-21(25-15)18-8-4-5-9-23-18/h2-10,12,24H,1H3. The van der Waals surface area contributed by atoms with Crippen LogP contribution in [-0.4, -0.2) is 20.7 Å². The Labute approximate surface area is 159 Å². The van der Waals surface area contributed by atoms with Gasteiger partial charge in [0.2, 0.25) is 5.78 Å². The molecule has 0 aliphatic heterocycles. The molecule has 0 amide bonds. The zero-order chi connectivity index (χ0) is 18.8. The number of carbonyl (C=O) groups excluding carboxylic acids is 1. The Morgan fingerprint density at radius 2 is 2.04 bits per heavy atom. The largest absolute Gasteiger partial charge is 0.358 e. The Balaban J connectivity index is 1.72. The van der Waals surface area contributed by atoms with Crippen LogP contribution >= 0.6 is 11.3 Å². The number of benzene rings is 1. The molecule has 0 saturated heterocycles. The summed E-state index contributed by atoms with van der Waals surface area (Å²) in [7, 11) is 0. The molecule has 6 heteroatoms. The van der Waals surface area contributed by atoms with Crippen molar-refractivity contribution in [2.75, 3.05) is 0 Å². The lowest BCUT2D eigenvalue weighted by Gasteiger charge is -1.99. The van der Waals surface area contributed by atoms with E-state index in [2.05, 4.69) is 15.0 Å². The lowest BCUT2D eigenvalue weighted by Crippen LogP contribution is -2.03. The topological polar surface area (TPSA) is 82.4 Å². The normalized spacial score (nSPS) is 11.5. The molecule has 3 aromatic heterocycles. The van der Waals surface area contributed by atoms with Crippen LogP contribution in [0.25, 0.3) is 27.7 Å². The average Bonchev–Trinajstić information content (AvgIpc) is 3.29. The Morgan fingerprint density at radius 1 is 1.22 bits per heavy atom. The number of nitrogens with one attached hydrogen (secondary N) is 1. The second-order valence-electron chi connectivity index (χ2n) is 5.96. The highest BCUT2D eigenvalue weighted by molar-refractivity contribution is 7.13. The van der Waals surface area contributed by atoms with Gasteiger partial charge in [-0.05, 0) is 31.2 Å². The lowest BCUT2D eigenvalue weighted by molar-refractivity contribution is 0.104. The van der Waals surface area contributed by atoms with E-state index in [1.165, 1.54) is 17.4 Å². The molecule has 130 valence electrons. The zero-order valence-electron chi connectivity index (χ0n) is 14.4. The van der Waals surface area contributed by atoms with Crippen LogP contribution in [0, 0.1) is 18.3 Å². The van der Waals surface area contributed by atoms with Crippen molar-refractivity contribution in [3.63, 3.8) is 0 Å². The summed E-state index contributed by atoms with van der Waals surface area (Å²) in [6.45, 7) is 1.84. The molecule has 1 N–H and O–H groups in total. The Kier molecular flexibility index (Phi) is 4.37. The number of carbonyl (C=O) groups is 1. The van der Waals surface area contributed by atoms with Crippen molar-refractivity contribution in [2.24, 2.45) is 0 Å². The summed E-state index contributed by atoms with van der Waals surface area (Å²) in [5.41, 5.74) is 3.54. The average molecular weight is 370 g/mol. The number of aromatic nitrogens is 3. The Morgan fingerprint density at radius 3 is 2.81 bits per heavy atom. The second kappa shape index (κ2) is 6.98. The second-order valence-corrected chi connectivity index (χ2v) is 6.82. The fourth-order valence-electron chi connectivity index (χ4n) is 2.96. The van der Waals surface area contributed by atoms with Crippen LogP contribution in [0.1, 0.15) is 21.7 Å². The number of nitriles is 1. The summed E-state index contributed by atoms with van der Waals surface area (Å²) in [4.78, 5) is 25.0. The predicted molar refractivity (Wildman–Crippen MR) is 106 cm³/mol. The number of aryl methyl sites for hydroxylation is 1. The first kappa shape index (κ1) is 16.9. The molecule has 0 aliphatic carbocycles. The Hall–Kier alpha value is -3.56. The minimum atomic E-state index is -0.306. The van der Waals surface area contributed by atoms with Crippen LogP contribution in [0.15, 0.2) is 59.6 Å². The number of nitrogens with zero attached hydrogens (tertiary/aromatic N) is 3. The number of thiazole rings is 1. The SMILES string of the molecule is Cc1[nH]c2ccccc2c1C(=O)C(C#N)=Cc1csc(-c2ccccn2)n1. The number of rotatable bonds is 4. The third kappa shape index (κ3) is 3.16. The van der Waals surface area contributed by atoms with Crippen LogP contribution in [0.4, 0.5) is 0 Å².